The van der Waals surface area contributed by atoms with Crippen LogP contribution in [-0.2, 0) is 0 Å². The summed E-state index contributed by atoms with van der Waals surface area (Å²) in [5.41, 5.74) is 9.35. The average molecular weight is 758 g/mol. The molecule has 0 fully saturated rings. The molecule has 0 saturated carbocycles. The summed E-state index contributed by atoms with van der Waals surface area (Å²) in [5, 5.41) is 8.34. The highest BCUT2D eigenvalue weighted by molar-refractivity contribution is 7.26. The lowest BCUT2D eigenvalue weighted by Gasteiger charge is -2.11. The molecule has 4 aromatic heterocycles. The number of benzene rings is 8. The highest BCUT2D eigenvalue weighted by Gasteiger charge is 2.19. The van der Waals surface area contributed by atoms with Gasteiger partial charge >= 0.3 is 0 Å². The van der Waals surface area contributed by atoms with Crippen molar-refractivity contribution in [2.24, 2.45) is 0 Å². The lowest BCUT2D eigenvalue weighted by molar-refractivity contribution is 1.07. The maximum absolute atomic E-state index is 5.22. The van der Waals surface area contributed by atoms with Crippen LogP contribution in [0.3, 0.4) is 0 Å². The van der Waals surface area contributed by atoms with Crippen LogP contribution in [0.5, 0.6) is 0 Å². The number of fused-ring (bicyclic) bond motifs is 10. The van der Waals surface area contributed by atoms with Crippen molar-refractivity contribution in [3.8, 4) is 51.1 Å². The van der Waals surface area contributed by atoms with Crippen LogP contribution >= 0.6 is 11.3 Å². The van der Waals surface area contributed by atoms with Crippen molar-refractivity contribution in [3.63, 3.8) is 0 Å². The number of pyridine rings is 1. The number of rotatable bonds is 5. The summed E-state index contributed by atoms with van der Waals surface area (Å²) in [6.45, 7) is 0. The third-order valence-electron chi connectivity index (χ3n) is 11.2. The van der Waals surface area contributed by atoms with E-state index >= 15 is 0 Å². The minimum absolute atomic E-state index is 0.636. The maximum Gasteiger partial charge on any atom is 0.164 e. The molecule has 0 unspecified atom stereocenters. The molecule has 8 aromatic carbocycles. The lowest BCUT2D eigenvalue weighted by Crippen LogP contribution is -2.00. The van der Waals surface area contributed by atoms with Gasteiger partial charge < -0.3 is 4.57 Å². The SMILES string of the molecule is c1ccc(-c2nc(-c3ccc4c(c3)sc3ccc5c(-c6ccccc6)nc6ccccc6c5c34)nc(-c3ccc4c(c3)c3ccccc3n4-c3ccccc3)n2)cc1. The molecule has 0 N–H and O–H groups in total. The summed E-state index contributed by atoms with van der Waals surface area (Å²) < 4.78 is 4.74. The van der Waals surface area contributed by atoms with Crippen molar-refractivity contribution < 1.29 is 0 Å². The van der Waals surface area contributed by atoms with Crippen LogP contribution in [0.15, 0.2) is 188 Å². The van der Waals surface area contributed by atoms with E-state index in [9.17, 15) is 0 Å². The van der Waals surface area contributed by atoms with Gasteiger partial charge in [0.15, 0.2) is 17.5 Å². The van der Waals surface area contributed by atoms with Crippen molar-refractivity contribution in [2.45, 2.75) is 0 Å². The fourth-order valence-electron chi connectivity index (χ4n) is 8.58. The second kappa shape index (κ2) is 13.0. The number of hydrogen-bond donors (Lipinski definition) is 0. The molecule has 12 rings (SSSR count). The second-order valence-corrected chi connectivity index (χ2v) is 15.7. The monoisotopic (exact) mass is 757 g/mol. The first kappa shape index (κ1) is 32.7. The van der Waals surface area contributed by atoms with Gasteiger partial charge in [0, 0.05) is 75.0 Å². The smallest absolute Gasteiger partial charge is 0.164 e. The Morgan fingerprint density at radius 2 is 0.931 bits per heavy atom. The van der Waals surface area contributed by atoms with Gasteiger partial charge in [0.25, 0.3) is 0 Å². The fraction of sp³-hybridized carbons (Fsp3) is 0. The van der Waals surface area contributed by atoms with Gasteiger partial charge in [-0.3, -0.25) is 0 Å². The Morgan fingerprint density at radius 1 is 0.345 bits per heavy atom. The topological polar surface area (TPSA) is 56.5 Å². The molecule has 12 aromatic rings. The summed E-state index contributed by atoms with van der Waals surface area (Å²) in [6.07, 6.45) is 0. The zero-order valence-electron chi connectivity index (χ0n) is 31.0. The molecule has 0 amide bonds. The van der Waals surface area contributed by atoms with Crippen molar-refractivity contribution in [1.29, 1.82) is 0 Å². The van der Waals surface area contributed by atoms with Gasteiger partial charge in [-0.15, -0.1) is 11.3 Å². The molecule has 0 atom stereocenters. The number of aromatic nitrogens is 5. The predicted molar refractivity (Wildman–Crippen MR) is 242 cm³/mol. The van der Waals surface area contributed by atoms with Crippen LogP contribution < -0.4 is 0 Å². The molecule has 0 radical (unpaired) electrons. The van der Waals surface area contributed by atoms with Gasteiger partial charge in [0.2, 0.25) is 0 Å². The van der Waals surface area contributed by atoms with E-state index in [0.717, 1.165) is 66.3 Å². The Kier molecular flexibility index (Phi) is 7.33. The maximum atomic E-state index is 5.22. The summed E-state index contributed by atoms with van der Waals surface area (Å²) in [4.78, 5) is 20.6. The minimum Gasteiger partial charge on any atom is -0.309 e. The van der Waals surface area contributed by atoms with Crippen molar-refractivity contribution in [3.05, 3.63) is 188 Å². The van der Waals surface area contributed by atoms with E-state index < -0.39 is 0 Å². The van der Waals surface area contributed by atoms with E-state index in [1.807, 2.05) is 18.2 Å². The fourth-order valence-corrected chi connectivity index (χ4v) is 9.73. The van der Waals surface area contributed by atoms with Crippen LogP contribution in [0.4, 0.5) is 0 Å². The van der Waals surface area contributed by atoms with Gasteiger partial charge in [0.05, 0.1) is 22.2 Å². The number of thiophene rings is 1. The van der Waals surface area contributed by atoms with E-state index in [0.29, 0.717) is 17.5 Å². The predicted octanol–water partition coefficient (Wildman–Crippen LogP) is 13.7. The molecule has 0 aliphatic heterocycles. The minimum atomic E-state index is 0.636. The van der Waals surface area contributed by atoms with Crippen molar-refractivity contribution in [1.82, 2.24) is 24.5 Å². The van der Waals surface area contributed by atoms with E-state index in [2.05, 4.69) is 174 Å². The number of hydrogen-bond acceptors (Lipinski definition) is 5. The van der Waals surface area contributed by atoms with Crippen LogP contribution in [0, 0.1) is 0 Å². The second-order valence-electron chi connectivity index (χ2n) is 14.6. The third-order valence-corrected chi connectivity index (χ3v) is 12.3. The molecular weight excluding hydrogens is 727 g/mol. The standard InChI is InChI=1S/C52H31N5S/c1-4-14-32(15-5-1)49-40-27-29-45-48(47(40)38-21-10-12-22-42(38)53-49)39-26-24-35(31-46(39)58-45)52-55-50(33-16-6-2-7-17-33)54-51(56-52)34-25-28-44-41(30-34)37-20-11-13-23-43(37)57(44)36-18-8-3-9-19-36/h1-31H. The molecule has 0 saturated heterocycles. The Balaban J connectivity index is 1.05. The van der Waals surface area contributed by atoms with Crippen LogP contribution in [-0.4, -0.2) is 24.5 Å². The van der Waals surface area contributed by atoms with Gasteiger partial charge in [-0.1, -0.05) is 133 Å². The van der Waals surface area contributed by atoms with Crippen molar-refractivity contribution >= 4 is 75.0 Å². The normalized spacial score (nSPS) is 11.8. The Labute approximate surface area is 337 Å². The quantitative estimate of drug-likeness (QED) is 0.164. The summed E-state index contributed by atoms with van der Waals surface area (Å²) >= 11 is 1.81. The summed E-state index contributed by atoms with van der Waals surface area (Å²) in [7, 11) is 0. The van der Waals surface area contributed by atoms with Crippen LogP contribution in [0.25, 0.3) is 115 Å². The zero-order valence-corrected chi connectivity index (χ0v) is 31.9. The molecular formula is C52H31N5S. The lowest BCUT2D eigenvalue weighted by atomic mass is 9.96. The largest absolute Gasteiger partial charge is 0.309 e. The van der Waals surface area contributed by atoms with Crippen LogP contribution in [0.1, 0.15) is 0 Å². The van der Waals surface area contributed by atoms with E-state index in [4.69, 9.17) is 19.9 Å². The first-order chi connectivity index (χ1) is 28.7. The molecule has 0 aliphatic rings. The number of nitrogens with zero attached hydrogens (tertiary/aromatic N) is 5. The summed E-state index contributed by atoms with van der Waals surface area (Å²) in [5.74, 6) is 1.92. The van der Waals surface area contributed by atoms with Gasteiger partial charge in [-0.25, -0.2) is 19.9 Å². The highest BCUT2D eigenvalue weighted by Crippen LogP contribution is 2.44. The number of para-hydroxylation sites is 3. The Bertz CT molecular complexity index is 3560. The van der Waals surface area contributed by atoms with E-state index in [-0.39, 0.29) is 0 Å². The first-order valence-electron chi connectivity index (χ1n) is 19.4. The molecule has 270 valence electrons. The molecule has 0 spiro atoms. The molecule has 4 heterocycles. The molecule has 0 aliphatic carbocycles. The molecule has 58 heavy (non-hydrogen) atoms. The Hall–Kier alpha value is -7.54. The van der Waals surface area contributed by atoms with Gasteiger partial charge in [0.1, 0.15) is 0 Å². The third kappa shape index (κ3) is 5.16. The zero-order chi connectivity index (χ0) is 38.2. The first-order valence-corrected chi connectivity index (χ1v) is 20.2. The Morgan fingerprint density at radius 3 is 1.71 bits per heavy atom. The van der Waals surface area contributed by atoms with Crippen LogP contribution in [0.2, 0.25) is 0 Å². The van der Waals surface area contributed by atoms with E-state index in [1.54, 1.807) is 11.3 Å². The van der Waals surface area contributed by atoms with Gasteiger partial charge in [-0.05, 0) is 54.6 Å². The van der Waals surface area contributed by atoms with E-state index in [1.165, 1.54) is 30.9 Å². The van der Waals surface area contributed by atoms with Crippen molar-refractivity contribution in [2.75, 3.05) is 0 Å². The molecule has 5 nitrogen and oxygen atoms in total. The van der Waals surface area contributed by atoms with Gasteiger partial charge in [-0.2, -0.15) is 0 Å². The highest BCUT2D eigenvalue weighted by atomic mass is 32.1. The summed E-state index contributed by atoms with van der Waals surface area (Å²) in [6, 6.07) is 66.0. The average Bonchev–Trinajstić information content (AvgIpc) is 3.84. The molecule has 6 heteroatoms. The molecule has 0 bridgehead atoms.